The van der Waals surface area contributed by atoms with Crippen molar-refractivity contribution in [1.29, 1.82) is 0 Å². The molecule has 0 spiro atoms. The number of hydrogen-bond donors (Lipinski definition) is 1. The molecule has 1 amide bonds. The molecule has 1 aromatic carbocycles. The van der Waals surface area contributed by atoms with Crippen molar-refractivity contribution in [3.63, 3.8) is 0 Å². The zero-order valence-electron chi connectivity index (χ0n) is 10.1. The number of nitrogens with zero attached hydrogens (tertiary/aromatic N) is 1. The van der Waals surface area contributed by atoms with Gasteiger partial charge in [0.05, 0.1) is 6.04 Å². The summed E-state index contributed by atoms with van der Waals surface area (Å²) < 4.78 is 0. The Morgan fingerprint density at radius 2 is 2.24 bits per heavy atom. The lowest BCUT2D eigenvalue weighted by Gasteiger charge is -2.25. The van der Waals surface area contributed by atoms with Crippen LogP contribution in [-0.4, -0.2) is 24.5 Å². The Kier molecular flexibility index (Phi) is 2.63. The average Bonchev–Trinajstić information content (AvgIpc) is 2.94. The first-order valence-electron chi connectivity index (χ1n) is 6.42. The van der Waals surface area contributed by atoms with Crippen LogP contribution in [0.25, 0.3) is 0 Å². The molecule has 3 heteroatoms. The number of para-hydroxylation sites is 1. The van der Waals surface area contributed by atoms with Gasteiger partial charge in [-0.05, 0) is 44.4 Å². The second-order valence-electron chi connectivity index (χ2n) is 5.04. The number of rotatable bonds is 1. The number of carbonyl (C=O) groups is 1. The normalized spacial score (nSPS) is 27.2. The van der Waals surface area contributed by atoms with E-state index < -0.39 is 0 Å². The SMILES string of the molecule is CC1Cc2ccccc2N1C(=O)[C@H]1CCCN1. The molecule has 2 aliphatic heterocycles. The lowest BCUT2D eigenvalue weighted by molar-refractivity contribution is -0.120. The van der Waals surface area contributed by atoms with E-state index in [1.807, 2.05) is 17.0 Å². The molecule has 0 saturated carbocycles. The van der Waals surface area contributed by atoms with Gasteiger partial charge in [0.1, 0.15) is 0 Å². The molecular formula is C14H18N2O. The molecule has 1 aromatic rings. The van der Waals surface area contributed by atoms with Crippen LogP contribution in [0.5, 0.6) is 0 Å². The summed E-state index contributed by atoms with van der Waals surface area (Å²) in [6.07, 6.45) is 3.07. The van der Waals surface area contributed by atoms with Gasteiger partial charge in [0.2, 0.25) is 5.91 Å². The van der Waals surface area contributed by atoms with Crippen LogP contribution in [0.4, 0.5) is 5.69 Å². The second-order valence-corrected chi connectivity index (χ2v) is 5.04. The Balaban J connectivity index is 1.89. The number of fused-ring (bicyclic) bond motifs is 1. The number of amides is 1. The van der Waals surface area contributed by atoms with E-state index in [2.05, 4.69) is 24.4 Å². The van der Waals surface area contributed by atoms with Gasteiger partial charge in [-0.3, -0.25) is 4.79 Å². The molecular weight excluding hydrogens is 212 g/mol. The summed E-state index contributed by atoms with van der Waals surface area (Å²) in [5, 5.41) is 3.29. The highest BCUT2D eigenvalue weighted by Gasteiger charge is 2.35. The van der Waals surface area contributed by atoms with E-state index in [4.69, 9.17) is 0 Å². The third-order valence-corrected chi connectivity index (χ3v) is 3.80. The maximum absolute atomic E-state index is 12.5. The lowest BCUT2D eigenvalue weighted by Crippen LogP contribution is -2.46. The summed E-state index contributed by atoms with van der Waals surface area (Å²) in [5.41, 5.74) is 2.41. The van der Waals surface area contributed by atoms with Crippen LogP contribution in [0.2, 0.25) is 0 Å². The standard InChI is InChI=1S/C14H18N2O/c1-10-9-11-5-2-3-7-13(11)16(10)14(17)12-6-4-8-15-12/h2-3,5,7,10,12,15H,4,6,8-9H2,1H3/t10?,12-/m1/s1. The van der Waals surface area contributed by atoms with Crippen molar-refractivity contribution >= 4 is 11.6 Å². The first-order valence-corrected chi connectivity index (χ1v) is 6.42. The van der Waals surface area contributed by atoms with Crippen molar-refractivity contribution in [3.8, 4) is 0 Å². The summed E-state index contributed by atoms with van der Waals surface area (Å²) in [7, 11) is 0. The Labute approximate surface area is 102 Å². The van der Waals surface area contributed by atoms with Crippen LogP contribution in [-0.2, 0) is 11.2 Å². The van der Waals surface area contributed by atoms with Gasteiger partial charge < -0.3 is 10.2 Å². The van der Waals surface area contributed by atoms with Gasteiger partial charge in [0.25, 0.3) is 0 Å². The summed E-state index contributed by atoms with van der Waals surface area (Å²) >= 11 is 0. The minimum Gasteiger partial charge on any atom is -0.308 e. The fraction of sp³-hybridized carbons (Fsp3) is 0.500. The van der Waals surface area contributed by atoms with Gasteiger partial charge in [-0.2, -0.15) is 0 Å². The summed E-state index contributed by atoms with van der Waals surface area (Å²) in [6, 6.07) is 8.57. The second kappa shape index (κ2) is 4.15. The van der Waals surface area contributed by atoms with Crippen molar-refractivity contribution in [2.24, 2.45) is 0 Å². The molecule has 2 heterocycles. The van der Waals surface area contributed by atoms with Crippen LogP contribution in [0.15, 0.2) is 24.3 Å². The van der Waals surface area contributed by atoms with Gasteiger partial charge in [0, 0.05) is 11.7 Å². The third-order valence-electron chi connectivity index (χ3n) is 3.80. The minimum atomic E-state index is 0.0311. The summed E-state index contributed by atoms with van der Waals surface area (Å²) in [4.78, 5) is 14.5. The fourth-order valence-corrected chi connectivity index (χ4v) is 2.96. The van der Waals surface area contributed by atoms with E-state index in [0.717, 1.165) is 31.5 Å². The van der Waals surface area contributed by atoms with Crippen molar-refractivity contribution < 1.29 is 4.79 Å². The maximum Gasteiger partial charge on any atom is 0.244 e. The van der Waals surface area contributed by atoms with Crippen LogP contribution in [0.3, 0.4) is 0 Å². The first-order chi connectivity index (χ1) is 8.27. The molecule has 0 aliphatic carbocycles. The van der Waals surface area contributed by atoms with E-state index in [9.17, 15) is 4.79 Å². The highest BCUT2D eigenvalue weighted by atomic mass is 16.2. The van der Waals surface area contributed by atoms with Crippen LogP contribution >= 0.6 is 0 Å². The van der Waals surface area contributed by atoms with Crippen LogP contribution in [0.1, 0.15) is 25.3 Å². The molecule has 0 radical (unpaired) electrons. The predicted molar refractivity (Wildman–Crippen MR) is 68.1 cm³/mol. The molecule has 0 bridgehead atoms. The number of anilines is 1. The molecule has 1 fully saturated rings. The Morgan fingerprint density at radius 3 is 3.00 bits per heavy atom. The average molecular weight is 230 g/mol. The van der Waals surface area contributed by atoms with Crippen molar-refractivity contribution in [1.82, 2.24) is 5.32 Å². The van der Waals surface area contributed by atoms with Gasteiger partial charge in [-0.1, -0.05) is 18.2 Å². The Morgan fingerprint density at radius 1 is 1.41 bits per heavy atom. The molecule has 1 N–H and O–H groups in total. The number of carbonyl (C=O) groups excluding carboxylic acids is 1. The monoisotopic (exact) mass is 230 g/mol. The molecule has 2 aliphatic rings. The highest BCUT2D eigenvalue weighted by molar-refractivity contribution is 5.99. The maximum atomic E-state index is 12.5. The molecule has 3 nitrogen and oxygen atoms in total. The number of hydrogen-bond acceptors (Lipinski definition) is 2. The van der Waals surface area contributed by atoms with Gasteiger partial charge in [-0.25, -0.2) is 0 Å². The Bertz CT molecular complexity index is 438. The van der Waals surface area contributed by atoms with Gasteiger partial charge in [-0.15, -0.1) is 0 Å². The minimum absolute atomic E-state index is 0.0311. The molecule has 1 unspecified atom stereocenters. The summed E-state index contributed by atoms with van der Waals surface area (Å²) in [5.74, 6) is 0.250. The van der Waals surface area contributed by atoms with Crippen LogP contribution in [0, 0.1) is 0 Å². The fourth-order valence-electron chi connectivity index (χ4n) is 2.96. The largest absolute Gasteiger partial charge is 0.308 e. The van der Waals surface area contributed by atoms with Crippen molar-refractivity contribution in [2.45, 2.75) is 38.3 Å². The lowest BCUT2D eigenvalue weighted by atomic mass is 10.1. The van der Waals surface area contributed by atoms with E-state index in [0.29, 0.717) is 6.04 Å². The summed E-state index contributed by atoms with van der Waals surface area (Å²) in [6.45, 7) is 3.10. The zero-order chi connectivity index (χ0) is 11.8. The highest BCUT2D eigenvalue weighted by Crippen LogP contribution is 2.32. The van der Waals surface area contributed by atoms with E-state index in [1.54, 1.807) is 0 Å². The van der Waals surface area contributed by atoms with E-state index >= 15 is 0 Å². The smallest absolute Gasteiger partial charge is 0.244 e. The third kappa shape index (κ3) is 1.75. The molecule has 1 saturated heterocycles. The van der Waals surface area contributed by atoms with Crippen LogP contribution < -0.4 is 10.2 Å². The van der Waals surface area contributed by atoms with Crippen molar-refractivity contribution in [2.75, 3.05) is 11.4 Å². The van der Waals surface area contributed by atoms with Gasteiger partial charge >= 0.3 is 0 Å². The molecule has 2 atom stereocenters. The zero-order valence-corrected chi connectivity index (χ0v) is 10.1. The molecule has 90 valence electrons. The topological polar surface area (TPSA) is 32.3 Å². The number of benzene rings is 1. The van der Waals surface area contributed by atoms with Gasteiger partial charge in [0.15, 0.2) is 0 Å². The Hall–Kier alpha value is -1.35. The predicted octanol–water partition coefficient (Wildman–Crippen LogP) is 1.72. The quantitative estimate of drug-likeness (QED) is 0.796. The van der Waals surface area contributed by atoms with E-state index in [1.165, 1.54) is 5.56 Å². The van der Waals surface area contributed by atoms with Crippen molar-refractivity contribution in [3.05, 3.63) is 29.8 Å². The molecule has 17 heavy (non-hydrogen) atoms. The first kappa shape index (κ1) is 10.8. The molecule has 3 rings (SSSR count). The molecule has 0 aromatic heterocycles. The number of nitrogens with one attached hydrogen (secondary N) is 1. The van der Waals surface area contributed by atoms with E-state index in [-0.39, 0.29) is 11.9 Å².